The number of benzene rings is 2. The lowest BCUT2D eigenvalue weighted by Gasteiger charge is -2.28. The molecule has 0 aliphatic carbocycles. The molecular weight excluding hydrogens is 422 g/mol. The van der Waals surface area contributed by atoms with Crippen LogP contribution in [0.3, 0.4) is 0 Å². The highest BCUT2D eigenvalue weighted by Gasteiger charge is 2.29. The van der Waals surface area contributed by atoms with E-state index in [0.717, 1.165) is 16.6 Å². The second kappa shape index (κ2) is 9.10. The number of ether oxygens (including phenoxy) is 1. The van der Waals surface area contributed by atoms with E-state index in [2.05, 4.69) is 5.32 Å². The molecule has 0 fully saturated rings. The topological polar surface area (TPSA) is 119 Å². The van der Waals surface area contributed by atoms with E-state index in [1.807, 2.05) is 6.92 Å². The van der Waals surface area contributed by atoms with Crippen LogP contribution >= 0.6 is 11.6 Å². The van der Waals surface area contributed by atoms with Gasteiger partial charge < -0.3 is 10.1 Å². The van der Waals surface area contributed by atoms with E-state index in [1.165, 1.54) is 31.2 Å². The number of hydrogen-bond acceptors (Lipinski definition) is 6. The van der Waals surface area contributed by atoms with Crippen molar-refractivity contribution in [3.63, 3.8) is 0 Å². The Balaban J connectivity index is 2.32. The van der Waals surface area contributed by atoms with E-state index < -0.39 is 26.9 Å². The molecule has 2 rings (SSSR count). The highest BCUT2D eigenvalue weighted by molar-refractivity contribution is 7.92. The number of carbonyl (C=O) groups excluding carboxylic acids is 1. The van der Waals surface area contributed by atoms with E-state index in [1.54, 1.807) is 12.1 Å². The number of sulfonamides is 1. The standard InChI is InChI=1S/C18H20ClN3O6S/c1-4-28-15-8-5-13(6-9-15)21(29(3,26)27)12(2)18(23)20-17-11-14(22(24)25)7-10-16(17)19/h5-12H,4H2,1-3H3,(H,20,23)/t12-/m1/s1. The van der Waals surface area contributed by atoms with Crippen LogP contribution in [-0.2, 0) is 14.8 Å². The van der Waals surface area contributed by atoms with E-state index >= 15 is 0 Å². The maximum atomic E-state index is 12.7. The zero-order valence-electron chi connectivity index (χ0n) is 16.0. The summed E-state index contributed by atoms with van der Waals surface area (Å²) >= 11 is 6.00. The number of anilines is 2. The van der Waals surface area contributed by atoms with Gasteiger partial charge in [0.1, 0.15) is 11.8 Å². The molecule has 156 valence electrons. The number of amides is 1. The molecular formula is C18H20ClN3O6S. The van der Waals surface area contributed by atoms with Crippen molar-refractivity contribution < 1.29 is 22.9 Å². The normalized spacial score (nSPS) is 12.1. The summed E-state index contributed by atoms with van der Waals surface area (Å²) in [5, 5.41) is 13.5. The molecule has 0 bridgehead atoms. The van der Waals surface area contributed by atoms with Crippen molar-refractivity contribution in [2.24, 2.45) is 0 Å². The van der Waals surface area contributed by atoms with E-state index in [4.69, 9.17) is 16.3 Å². The SMILES string of the molecule is CCOc1ccc(N([C@H](C)C(=O)Nc2cc([N+](=O)[O-])ccc2Cl)S(C)(=O)=O)cc1. The van der Waals surface area contributed by atoms with Gasteiger partial charge in [0.05, 0.1) is 34.2 Å². The first-order chi connectivity index (χ1) is 13.5. The quantitative estimate of drug-likeness (QED) is 0.495. The molecule has 0 aliphatic rings. The molecule has 0 aliphatic heterocycles. The van der Waals surface area contributed by atoms with Crippen molar-refractivity contribution in [2.45, 2.75) is 19.9 Å². The number of nitrogens with one attached hydrogen (secondary N) is 1. The molecule has 1 amide bonds. The number of non-ortho nitro benzene ring substituents is 1. The molecule has 11 heteroatoms. The van der Waals surface area contributed by atoms with Gasteiger partial charge in [-0.15, -0.1) is 0 Å². The lowest BCUT2D eigenvalue weighted by molar-refractivity contribution is -0.384. The number of hydrogen-bond donors (Lipinski definition) is 1. The first kappa shape index (κ1) is 22.4. The number of nitro groups is 1. The molecule has 0 aromatic heterocycles. The van der Waals surface area contributed by atoms with Crippen LogP contribution in [0.1, 0.15) is 13.8 Å². The van der Waals surface area contributed by atoms with Gasteiger partial charge in [0.25, 0.3) is 5.69 Å². The third kappa shape index (κ3) is 5.58. The average Bonchev–Trinajstić information content (AvgIpc) is 2.64. The van der Waals surface area contributed by atoms with Gasteiger partial charge >= 0.3 is 0 Å². The minimum absolute atomic E-state index is 0.0119. The van der Waals surface area contributed by atoms with E-state index in [-0.39, 0.29) is 22.1 Å². The highest BCUT2D eigenvalue weighted by atomic mass is 35.5. The summed E-state index contributed by atoms with van der Waals surface area (Å²) in [4.78, 5) is 23.0. The Morgan fingerprint density at radius 3 is 2.41 bits per heavy atom. The summed E-state index contributed by atoms with van der Waals surface area (Å²) in [5.41, 5.74) is 0.0189. The van der Waals surface area contributed by atoms with Crippen molar-refractivity contribution in [1.82, 2.24) is 0 Å². The lowest BCUT2D eigenvalue weighted by Crippen LogP contribution is -2.45. The Hall–Kier alpha value is -2.85. The largest absolute Gasteiger partial charge is 0.494 e. The minimum Gasteiger partial charge on any atom is -0.494 e. The van der Waals surface area contributed by atoms with Gasteiger partial charge in [-0.25, -0.2) is 8.42 Å². The third-order valence-corrected chi connectivity index (χ3v) is 5.48. The van der Waals surface area contributed by atoms with Crippen LogP contribution in [0.15, 0.2) is 42.5 Å². The van der Waals surface area contributed by atoms with Crippen LogP contribution in [0.2, 0.25) is 5.02 Å². The van der Waals surface area contributed by atoms with Crippen molar-refractivity contribution in [3.05, 3.63) is 57.6 Å². The van der Waals surface area contributed by atoms with Crippen molar-refractivity contribution in [3.8, 4) is 5.75 Å². The van der Waals surface area contributed by atoms with Crippen LogP contribution < -0.4 is 14.4 Å². The average molecular weight is 442 g/mol. The number of nitrogens with zero attached hydrogens (tertiary/aromatic N) is 2. The van der Waals surface area contributed by atoms with E-state index in [0.29, 0.717) is 12.4 Å². The molecule has 9 nitrogen and oxygen atoms in total. The molecule has 2 aromatic carbocycles. The van der Waals surface area contributed by atoms with Crippen LogP contribution in [0, 0.1) is 10.1 Å². The highest BCUT2D eigenvalue weighted by Crippen LogP contribution is 2.28. The zero-order chi connectivity index (χ0) is 21.8. The molecule has 0 unspecified atom stereocenters. The van der Waals surface area contributed by atoms with Gasteiger partial charge in [-0.1, -0.05) is 11.6 Å². The Labute approximate surface area is 173 Å². The van der Waals surface area contributed by atoms with Gasteiger partial charge in [0.2, 0.25) is 15.9 Å². The molecule has 1 N–H and O–H groups in total. The number of rotatable bonds is 8. The van der Waals surface area contributed by atoms with Crippen LogP contribution in [0.4, 0.5) is 17.1 Å². The van der Waals surface area contributed by atoms with Crippen LogP contribution in [0.5, 0.6) is 5.75 Å². The molecule has 2 aromatic rings. The van der Waals surface area contributed by atoms with E-state index in [9.17, 15) is 23.3 Å². The Bertz CT molecular complexity index is 1010. The summed E-state index contributed by atoms with van der Waals surface area (Å²) in [6, 6.07) is 8.67. The Kier molecular flexibility index (Phi) is 7.04. The first-order valence-electron chi connectivity index (χ1n) is 8.51. The van der Waals surface area contributed by atoms with Crippen LogP contribution in [-0.4, -0.2) is 38.2 Å². The van der Waals surface area contributed by atoms with Gasteiger partial charge in [-0.2, -0.15) is 0 Å². The third-order valence-electron chi connectivity index (χ3n) is 3.91. The Morgan fingerprint density at radius 1 is 1.28 bits per heavy atom. The number of carbonyl (C=O) groups is 1. The second-order valence-corrected chi connectivity index (χ2v) is 8.34. The lowest BCUT2D eigenvalue weighted by atomic mass is 10.2. The van der Waals surface area contributed by atoms with Gasteiger partial charge in [0, 0.05) is 12.1 Å². The van der Waals surface area contributed by atoms with Gasteiger partial charge in [-0.3, -0.25) is 19.2 Å². The fourth-order valence-electron chi connectivity index (χ4n) is 2.62. The zero-order valence-corrected chi connectivity index (χ0v) is 17.5. The monoisotopic (exact) mass is 441 g/mol. The number of halogens is 1. The first-order valence-corrected chi connectivity index (χ1v) is 10.7. The minimum atomic E-state index is -3.82. The van der Waals surface area contributed by atoms with Gasteiger partial charge in [-0.05, 0) is 44.2 Å². The predicted molar refractivity (Wildman–Crippen MR) is 111 cm³/mol. The smallest absolute Gasteiger partial charge is 0.271 e. The van der Waals surface area contributed by atoms with Crippen molar-refractivity contribution >= 4 is 44.6 Å². The second-order valence-electron chi connectivity index (χ2n) is 6.07. The van der Waals surface area contributed by atoms with Crippen molar-refractivity contribution in [1.29, 1.82) is 0 Å². The fourth-order valence-corrected chi connectivity index (χ4v) is 3.96. The molecule has 0 heterocycles. The summed E-state index contributed by atoms with van der Waals surface area (Å²) in [5.74, 6) is -0.142. The number of nitro benzene ring substituents is 1. The molecule has 0 saturated carbocycles. The molecule has 0 radical (unpaired) electrons. The Morgan fingerprint density at radius 2 is 1.90 bits per heavy atom. The predicted octanol–water partition coefficient (Wildman–Crippen LogP) is 3.44. The summed E-state index contributed by atoms with van der Waals surface area (Å²) in [7, 11) is -3.82. The molecule has 0 spiro atoms. The summed E-state index contributed by atoms with van der Waals surface area (Å²) in [6.45, 7) is 3.68. The maximum Gasteiger partial charge on any atom is 0.271 e. The summed E-state index contributed by atoms with van der Waals surface area (Å²) in [6.07, 6.45) is 0.980. The van der Waals surface area contributed by atoms with Crippen molar-refractivity contribution in [2.75, 3.05) is 22.5 Å². The van der Waals surface area contributed by atoms with Crippen LogP contribution in [0.25, 0.3) is 0 Å². The maximum absolute atomic E-state index is 12.7. The summed E-state index contributed by atoms with van der Waals surface area (Å²) < 4.78 is 31.0. The molecule has 0 saturated heterocycles. The van der Waals surface area contributed by atoms with Gasteiger partial charge in [0.15, 0.2) is 0 Å². The fraction of sp³-hybridized carbons (Fsp3) is 0.278. The molecule has 29 heavy (non-hydrogen) atoms. The molecule has 1 atom stereocenters.